The molecule has 18 heavy (non-hydrogen) atoms. The molecule has 0 bridgehead atoms. The number of nitrogens with two attached hydrogens (primary N) is 1. The van der Waals surface area contributed by atoms with Crippen molar-refractivity contribution in [2.45, 2.75) is 13.1 Å². The van der Waals surface area contributed by atoms with Crippen LogP contribution in [0.3, 0.4) is 0 Å². The number of halogens is 3. The molecule has 0 radical (unpaired) electrons. The number of anilines is 1. The fourth-order valence-electron chi connectivity index (χ4n) is 2.01. The summed E-state index contributed by atoms with van der Waals surface area (Å²) in [6.07, 6.45) is -4.39. The van der Waals surface area contributed by atoms with E-state index in [-0.39, 0.29) is 24.7 Å². The van der Waals surface area contributed by atoms with Gasteiger partial charge in [-0.2, -0.15) is 13.2 Å². The van der Waals surface area contributed by atoms with Crippen LogP contribution in [-0.4, -0.2) is 19.0 Å². The number of aryl methyl sites for hydroxylation is 1. The summed E-state index contributed by atoms with van der Waals surface area (Å²) in [5.74, 6) is -0.820. The summed E-state index contributed by atoms with van der Waals surface area (Å²) in [5.41, 5.74) is 5.11. The molecule has 1 saturated heterocycles. The van der Waals surface area contributed by atoms with Crippen LogP contribution in [0, 0.1) is 12.8 Å². The number of alkyl halides is 3. The predicted octanol–water partition coefficient (Wildman–Crippen LogP) is 1.94. The Labute approximate surface area is 102 Å². The molecule has 6 heteroatoms. The lowest BCUT2D eigenvalue weighted by Crippen LogP contribution is -2.53. The van der Waals surface area contributed by atoms with Gasteiger partial charge in [0.25, 0.3) is 0 Å². The predicted molar refractivity (Wildman–Crippen MR) is 61.1 cm³/mol. The van der Waals surface area contributed by atoms with Gasteiger partial charge in [0.05, 0.1) is 11.5 Å². The molecule has 1 aromatic rings. The van der Waals surface area contributed by atoms with E-state index in [4.69, 9.17) is 5.73 Å². The maximum Gasteiger partial charge on any atom is 0.418 e. The number of hydrogen-bond acceptors (Lipinski definition) is 2. The summed E-state index contributed by atoms with van der Waals surface area (Å²) >= 11 is 0. The second-order valence-corrected chi connectivity index (χ2v) is 4.52. The van der Waals surface area contributed by atoms with Gasteiger partial charge in [-0.05, 0) is 19.1 Å². The third-order valence-corrected chi connectivity index (χ3v) is 3.08. The van der Waals surface area contributed by atoms with Gasteiger partial charge < -0.3 is 10.6 Å². The Hall–Kier alpha value is -1.72. The van der Waals surface area contributed by atoms with Gasteiger partial charge in [0.15, 0.2) is 0 Å². The molecule has 1 heterocycles. The highest BCUT2D eigenvalue weighted by atomic mass is 19.4. The Bertz CT molecular complexity index is 479. The maximum absolute atomic E-state index is 12.9. The van der Waals surface area contributed by atoms with Crippen LogP contribution >= 0.6 is 0 Å². The van der Waals surface area contributed by atoms with Crippen molar-refractivity contribution in [2.24, 2.45) is 11.7 Å². The maximum atomic E-state index is 12.9. The molecule has 98 valence electrons. The first-order valence-corrected chi connectivity index (χ1v) is 5.51. The third kappa shape index (κ3) is 2.27. The van der Waals surface area contributed by atoms with Crippen molar-refractivity contribution in [3.05, 3.63) is 29.3 Å². The fraction of sp³-hybridized carbons (Fsp3) is 0.417. The lowest BCUT2D eigenvalue weighted by Gasteiger charge is -2.40. The highest BCUT2D eigenvalue weighted by Gasteiger charge is 2.39. The summed E-state index contributed by atoms with van der Waals surface area (Å²) < 4.78 is 38.7. The van der Waals surface area contributed by atoms with Gasteiger partial charge in [-0.3, -0.25) is 4.79 Å². The van der Waals surface area contributed by atoms with E-state index in [1.54, 1.807) is 13.0 Å². The van der Waals surface area contributed by atoms with E-state index >= 15 is 0 Å². The summed E-state index contributed by atoms with van der Waals surface area (Å²) in [7, 11) is 0. The summed E-state index contributed by atoms with van der Waals surface area (Å²) in [6, 6.07) is 4.18. The molecule has 2 N–H and O–H groups in total. The van der Waals surface area contributed by atoms with Crippen molar-refractivity contribution >= 4 is 11.6 Å². The van der Waals surface area contributed by atoms with Gasteiger partial charge >= 0.3 is 6.18 Å². The van der Waals surface area contributed by atoms with Crippen LogP contribution in [0.1, 0.15) is 11.1 Å². The average molecular weight is 258 g/mol. The number of amides is 1. The number of carbonyl (C=O) groups is 1. The first kappa shape index (κ1) is 12.7. The van der Waals surface area contributed by atoms with Crippen LogP contribution in [-0.2, 0) is 11.0 Å². The lowest BCUT2D eigenvalue weighted by atomic mass is 9.96. The molecule has 1 amide bonds. The topological polar surface area (TPSA) is 46.3 Å². The average Bonchev–Trinajstić information content (AvgIpc) is 2.15. The zero-order chi connectivity index (χ0) is 13.5. The van der Waals surface area contributed by atoms with E-state index in [1.165, 1.54) is 11.0 Å². The van der Waals surface area contributed by atoms with E-state index in [9.17, 15) is 18.0 Å². The van der Waals surface area contributed by atoms with Crippen LogP contribution in [0.15, 0.2) is 18.2 Å². The minimum absolute atomic E-state index is 0.116. The van der Waals surface area contributed by atoms with Crippen LogP contribution in [0.25, 0.3) is 0 Å². The molecule has 1 fully saturated rings. The highest BCUT2D eigenvalue weighted by molar-refractivity contribution is 5.80. The van der Waals surface area contributed by atoms with Crippen molar-refractivity contribution in [2.75, 3.05) is 18.0 Å². The van der Waals surface area contributed by atoms with Crippen LogP contribution in [0.2, 0.25) is 0 Å². The van der Waals surface area contributed by atoms with E-state index < -0.39 is 17.6 Å². The first-order valence-electron chi connectivity index (χ1n) is 5.51. The van der Waals surface area contributed by atoms with Gasteiger partial charge in [0.2, 0.25) is 5.91 Å². The monoisotopic (exact) mass is 258 g/mol. The molecular weight excluding hydrogens is 245 g/mol. The zero-order valence-electron chi connectivity index (χ0n) is 9.79. The number of carbonyl (C=O) groups excluding carboxylic acids is 1. The Morgan fingerprint density at radius 1 is 1.39 bits per heavy atom. The highest BCUT2D eigenvalue weighted by Crippen LogP contribution is 2.39. The molecule has 0 atom stereocenters. The molecule has 0 saturated carbocycles. The molecule has 0 spiro atoms. The van der Waals surface area contributed by atoms with Gasteiger partial charge in [0, 0.05) is 18.8 Å². The van der Waals surface area contributed by atoms with Crippen molar-refractivity contribution in [3.8, 4) is 0 Å². The largest absolute Gasteiger partial charge is 0.418 e. The molecule has 1 aliphatic heterocycles. The summed E-state index contributed by atoms with van der Waals surface area (Å²) in [5, 5.41) is 0. The van der Waals surface area contributed by atoms with Gasteiger partial charge in [-0.15, -0.1) is 0 Å². The second-order valence-electron chi connectivity index (χ2n) is 4.52. The standard InChI is InChI=1S/C12H13F3N2O/c1-7-2-3-10(9(4-7)12(13,14)15)17-5-8(6-17)11(16)18/h2-4,8H,5-6H2,1H3,(H2,16,18). The fourth-order valence-corrected chi connectivity index (χ4v) is 2.01. The molecule has 2 rings (SSSR count). The molecule has 1 aliphatic rings. The Morgan fingerprint density at radius 2 is 2.00 bits per heavy atom. The minimum Gasteiger partial charge on any atom is -0.369 e. The van der Waals surface area contributed by atoms with Gasteiger partial charge in [-0.1, -0.05) is 11.6 Å². The van der Waals surface area contributed by atoms with E-state index in [0.717, 1.165) is 6.07 Å². The smallest absolute Gasteiger partial charge is 0.369 e. The molecule has 3 nitrogen and oxygen atoms in total. The van der Waals surface area contributed by atoms with Crippen LogP contribution in [0.5, 0.6) is 0 Å². The number of rotatable bonds is 2. The Balaban J connectivity index is 2.27. The van der Waals surface area contributed by atoms with Crippen molar-refractivity contribution in [1.82, 2.24) is 0 Å². The van der Waals surface area contributed by atoms with Crippen molar-refractivity contribution in [1.29, 1.82) is 0 Å². The first-order chi connectivity index (χ1) is 8.29. The molecule has 1 aromatic carbocycles. The van der Waals surface area contributed by atoms with Gasteiger partial charge in [-0.25, -0.2) is 0 Å². The Kier molecular flexibility index (Phi) is 2.96. The van der Waals surface area contributed by atoms with Crippen molar-refractivity contribution < 1.29 is 18.0 Å². The molecule has 0 aliphatic carbocycles. The number of benzene rings is 1. The van der Waals surface area contributed by atoms with E-state index in [0.29, 0.717) is 5.56 Å². The van der Waals surface area contributed by atoms with Gasteiger partial charge in [0.1, 0.15) is 0 Å². The molecular formula is C12H13F3N2O. The van der Waals surface area contributed by atoms with Crippen LogP contribution in [0.4, 0.5) is 18.9 Å². The van der Waals surface area contributed by atoms with Crippen molar-refractivity contribution in [3.63, 3.8) is 0 Å². The number of primary amides is 1. The number of nitrogens with zero attached hydrogens (tertiary/aromatic N) is 1. The number of hydrogen-bond donors (Lipinski definition) is 1. The quantitative estimate of drug-likeness (QED) is 0.881. The van der Waals surface area contributed by atoms with Crippen LogP contribution < -0.4 is 10.6 Å². The summed E-state index contributed by atoms with van der Waals surface area (Å²) in [4.78, 5) is 12.4. The normalized spacial score (nSPS) is 16.6. The third-order valence-electron chi connectivity index (χ3n) is 3.08. The zero-order valence-corrected chi connectivity index (χ0v) is 9.79. The molecule has 0 aromatic heterocycles. The molecule has 0 unspecified atom stereocenters. The van der Waals surface area contributed by atoms with E-state index in [1.807, 2.05) is 0 Å². The SMILES string of the molecule is Cc1ccc(N2CC(C(N)=O)C2)c(C(F)(F)F)c1. The minimum atomic E-state index is -4.39. The second kappa shape index (κ2) is 4.19. The Morgan fingerprint density at radius 3 is 2.50 bits per heavy atom. The van der Waals surface area contributed by atoms with E-state index in [2.05, 4.69) is 0 Å². The lowest BCUT2D eigenvalue weighted by molar-refractivity contribution is -0.137. The summed E-state index contributed by atoms with van der Waals surface area (Å²) in [6.45, 7) is 2.12.